The van der Waals surface area contributed by atoms with Gasteiger partial charge in [0.25, 0.3) is 0 Å². The summed E-state index contributed by atoms with van der Waals surface area (Å²) in [7, 11) is 0. The van der Waals surface area contributed by atoms with Crippen LogP contribution in [0, 0.1) is 5.92 Å². The molecule has 5 heterocycles. The number of fused-ring (bicyclic) bond motifs is 6. The molecule has 2 saturated carbocycles. The smallest absolute Gasteiger partial charge is 0.248 e. The average molecular weight is 833 g/mol. The van der Waals surface area contributed by atoms with E-state index in [9.17, 15) is 33.9 Å². The molecule has 3 aliphatic heterocycles. The summed E-state index contributed by atoms with van der Waals surface area (Å²) >= 11 is 0. The van der Waals surface area contributed by atoms with Crippen molar-refractivity contribution in [2.75, 3.05) is 6.54 Å². The second kappa shape index (κ2) is 16.6. The second-order valence-corrected chi connectivity index (χ2v) is 18.0. The van der Waals surface area contributed by atoms with Crippen LogP contribution in [-0.4, -0.2) is 115 Å². The normalized spacial score (nSPS) is 29.4. The minimum atomic E-state index is -1.42. The molecule has 61 heavy (non-hydrogen) atoms. The van der Waals surface area contributed by atoms with E-state index in [-0.39, 0.29) is 37.3 Å². The third kappa shape index (κ3) is 7.65. The standard InChI is InChI=1S/C46H56N8O7/c1-26(55)39-44(60)53-20-10-17-37(53)43(59)54-36-16-7-2-11-27(36)23-38(54)42(58)49-35(22-29-25-48-33-15-6-4-13-31(29)33)41(57)52-46(18-8-9-19-46)45(61)50-34(40(56)51-39)21-28-24-47-32-14-5-3-12-30(28)32/h3-6,12-15,24-27,34-39,47-48,55H,2,7-11,16-23H2,1H3,(H,49,58)(H,50,61)(H,51,56)(H,52,57)/t26-,27-,34+,35+,36-,37-,38-,39+/m1/s1. The van der Waals surface area contributed by atoms with Crippen molar-refractivity contribution in [3.8, 4) is 0 Å². The zero-order valence-corrected chi connectivity index (χ0v) is 34.6. The number of carbonyl (C=O) groups is 6. The third-order valence-corrected chi connectivity index (χ3v) is 14.2. The molecule has 4 aromatic rings. The minimum absolute atomic E-state index is 0.0370. The molecule has 7 N–H and O–H groups in total. The topological polar surface area (TPSA) is 209 Å². The summed E-state index contributed by atoms with van der Waals surface area (Å²) < 4.78 is 0. The number of carbonyl (C=O) groups excluding carboxylic acids is 6. The minimum Gasteiger partial charge on any atom is -0.391 e. The van der Waals surface area contributed by atoms with Crippen LogP contribution >= 0.6 is 0 Å². The zero-order chi connectivity index (χ0) is 42.4. The van der Waals surface area contributed by atoms with Crippen molar-refractivity contribution in [2.45, 2.75) is 138 Å². The summed E-state index contributed by atoms with van der Waals surface area (Å²) in [6, 6.07) is 9.55. The van der Waals surface area contributed by atoms with Crippen LogP contribution in [0.2, 0.25) is 0 Å². The molecule has 9 rings (SSSR count). The highest BCUT2D eigenvalue weighted by Gasteiger charge is 2.52. The number of nitrogens with one attached hydrogen (secondary N) is 6. The van der Waals surface area contributed by atoms with Crippen molar-refractivity contribution in [2.24, 2.45) is 5.92 Å². The van der Waals surface area contributed by atoms with Crippen LogP contribution in [-0.2, 0) is 41.6 Å². The Morgan fingerprint density at radius 2 is 1.31 bits per heavy atom. The number of para-hydroxylation sites is 2. The number of hydrogen-bond donors (Lipinski definition) is 7. The maximum Gasteiger partial charge on any atom is 0.248 e. The highest BCUT2D eigenvalue weighted by atomic mass is 16.3. The number of aromatic amines is 2. The van der Waals surface area contributed by atoms with Crippen LogP contribution in [0.5, 0.6) is 0 Å². The van der Waals surface area contributed by atoms with Crippen molar-refractivity contribution in [1.82, 2.24) is 41.0 Å². The molecule has 15 nitrogen and oxygen atoms in total. The lowest BCUT2D eigenvalue weighted by Crippen LogP contribution is -2.66. The highest BCUT2D eigenvalue weighted by Crippen LogP contribution is 2.41. The number of aromatic nitrogens is 2. The lowest BCUT2D eigenvalue weighted by atomic mass is 9.84. The SMILES string of the molecule is C[C@@H](O)[C@@H]1NC(=O)[C@H](Cc2c[nH]c3ccccc23)NC(=O)C2(CCCC2)NC(=O)[C@H](Cc2c[nH]c3ccccc23)NC(=O)[C@H]2C[C@H]3CCCC[C@H]3N2C(=O)[C@H]2CCCN2C1=O. The Morgan fingerprint density at radius 1 is 0.689 bits per heavy atom. The van der Waals surface area contributed by atoms with Crippen LogP contribution in [0.4, 0.5) is 0 Å². The molecule has 1 spiro atoms. The van der Waals surface area contributed by atoms with Crippen LogP contribution in [0.15, 0.2) is 60.9 Å². The zero-order valence-electron chi connectivity index (χ0n) is 34.6. The summed E-state index contributed by atoms with van der Waals surface area (Å²) in [4.78, 5) is 98.1. The third-order valence-electron chi connectivity index (χ3n) is 14.2. The molecular weight excluding hydrogens is 777 g/mol. The molecule has 2 aromatic carbocycles. The van der Waals surface area contributed by atoms with E-state index in [1.807, 2.05) is 54.7 Å². The van der Waals surface area contributed by atoms with Gasteiger partial charge >= 0.3 is 0 Å². The second-order valence-electron chi connectivity index (χ2n) is 18.0. The van der Waals surface area contributed by atoms with Gasteiger partial charge < -0.3 is 46.1 Å². The first-order valence-corrected chi connectivity index (χ1v) is 22.2. The number of aliphatic hydroxyl groups excluding tert-OH is 1. The lowest BCUT2D eigenvalue weighted by molar-refractivity contribution is -0.151. The number of nitrogens with zero attached hydrogens (tertiary/aromatic N) is 2. The van der Waals surface area contributed by atoms with Gasteiger partial charge in [0.05, 0.1) is 6.10 Å². The van der Waals surface area contributed by atoms with Crippen LogP contribution in [0.3, 0.4) is 0 Å². The number of H-pyrrole nitrogens is 2. The first kappa shape index (κ1) is 40.7. The summed E-state index contributed by atoms with van der Waals surface area (Å²) in [5, 5.41) is 24.8. The molecule has 0 unspecified atom stereocenters. The fourth-order valence-electron chi connectivity index (χ4n) is 11.0. The molecule has 5 fully saturated rings. The first-order chi connectivity index (χ1) is 29.5. The van der Waals surface area contributed by atoms with Gasteiger partial charge in [-0.1, -0.05) is 62.1 Å². The van der Waals surface area contributed by atoms with E-state index in [2.05, 4.69) is 31.2 Å². The predicted octanol–water partition coefficient (Wildman–Crippen LogP) is 2.86. The summed E-state index contributed by atoms with van der Waals surface area (Å²) in [6.45, 7) is 1.65. The van der Waals surface area contributed by atoms with Crippen LogP contribution < -0.4 is 21.3 Å². The Kier molecular flexibility index (Phi) is 11.1. The van der Waals surface area contributed by atoms with Gasteiger partial charge in [0.2, 0.25) is 35.4 Å². The van der Waals surface area contributed by atoms with E-state index in [0.29, 0.717) is 44.9 Å². The quantitative estimate of drug-likeness (QED) is 0.160. The Bertz CT molecular complexity index is 2350. The first-order valence-electron chi connectivity index (χ1n) is 22.2. The Hall–Kier alpha value is -5.70. The van der Waals surface area contributed by atoms with Gasteiger partial charge in [-0.25, -0.2) is 0 Å². The molecule has 2 aliphatic carbocycles. The number of aliphatic hydroxyl groups is 1. The molecule has 15 heteroatoms. The Balaban J connectivity index is 1.12. The summed E-state index contributed by atoms with van der Waals surface area (Å²) in [5.74, 6) is -3.07. The van der Waals surface area contributed by atoms with E-state index in [0.717, 1.165) is 58.6 Å². The fraction of sp³-hybridized carbons (Fsp3) is 0.522. The van der Waals surface area contributed by atoms with E-state index in [1.54, 1.807) is 11.1 Å². The summed E-state index contributed by atoms with van der Waals surface area (Å²) in [6.07, 6.45) is 9.10. The molecule has 0 radical (unpaired) electrons. The van der Waals surface area contributed by atoms with Crippen molar-refractivity contribution >= 4 is 57.2 Å². The monoisotopic (exact) mass is 832 g/mol. The number of rotatable bonds is 5. The number of benzene rings is 2. The molecule has 2 aromatic heterocycles. The van der Waals surface area contributed by atoms with Crippen LogP contribution in [0.25, 0.3) is 21.8 Å². The molecule has 0 bridgehead atoms. The Morgan fingerprint density at radius 3 is 1.97 bits per heavy atom. The van der Waals surface area contributed by atoms with Gasteiger partial charge in [-0.3, -0.25) is 28.8 Å². The van der Waals surface area contributed by atoms with Gasteiger partial charge in [-0.15, -0.1) is 0 Å². The van der Waals surface area contributed by atoms with E-state index in [1.165, 1.54) is 11.8 Å². The van der Waals surface area contributed by atoms with E-state index >= 15 is 0 Å². The number of amides is 6. The summed E-state index contributed by atoms with van der Waals surface area (Å²) in [5.41, 5.74) is 1.86. The maximum atomic E-state index is 14.9. The largest absolute Gasteiger partial charge is 0.391 e. The molecule has 322 valence electrons. The highest BCUT2D eigenvalue weighted by molar-refractivity contribution is 6.01. The average Bonchev–Trinajstić information content (AvgIpc) is 4.12. The van der Waals surface area contributed by atoms with Crippen molar-refractivity contribution in [3.05, 3.63) is 72.1 Å². The van der Waals surface area contributed by atoms with Crippen molar-refractivity contribution < 1.29 is 33.9 Å². The molecule has 5 aliphatic rings. The van der Waals surface area contributed by atoms with Gasteiger partial charge in [-0.05, 0) is 81.0 Å². The van der Waals surface area contributed by atoms with Gasteiger partial charge in [0, 0.05) is 59.6 Å². The maximum absolute atomic E-state index is 14.9. The Labute approximate surface area is 354 Å². The van der Waals surface area contributed by atoms with Crippen LogP contribution in [0.1, 0.15) is 88.7 Å². The van der Waals surface area contributed by atoms with E-state index < -0.39 is 71.4 Å². The predicted molar refractivity (Wildman–Crippen MR) is 227 cm³/mol. The molecular formula is C46H56N8O7. The fourth-order valence-corrected chi connectivity index (χ4v) is 11.0. The molecule has 6 amide bonds. The van der Waals surface area contributed by atoms with Gasteiger partial charge in [0.15, 0.2) is 0 Å². The lowest BCUT2D eigenvalue weighted by Gasteiger charge is -2.38. The number of hydrogen-bond acceptors (Lipinski definition) is 7. The molecule has 3 saturated heterocycles. The van der Waals surface area contributed by atoms with E-state index in [4.69, 9.17) is 0 Å². The van der Waals surface area contributed by atoms with Crippen molar-refractivity contribution in [1.29, 1.82) is 0 Å². The molecule has 8 atom stereocenters. The van der Waals surface area contributed by atoms with Crippen molar-refractivity contribution in [3.63, 3.8) is 0 Å². The van der Waals surface area contributed by atoms with Gasteiger partial charge in [0.1, 0.15) is 35.7 Å². The van der Waals surface area contributed by atoms with Gasteiger partial charge in [-0.2, -0.15) is 0 Å².